The Kier molecular flexibility index (Phi) is 3.08. The van der Waals surface area contributed by atoms with Crippen molar-refractivity contribution >= 4 is 0 Å². The lowest BCUT2D eigenvalue weighted by Crippen LogP contribution is -2.24. The highest BCUT2D eigenvalue weighted by Crippen LogP contribution is 2.17. The molecular formula is C9H11O3-. The summed E-state index contributed by atoms with van der Waals surface area (Å²) in [5.74, 6) is 0.179. The fraction of sp³-hybridized carbons (Fsp3) is 0.333. The molecule has 0 aromatic heterocycles. The van der Waals surface area contributed by atoms with E-state index in [0.717, 1.165) is 0 Å². The molecular weight excluding hydrogens is 156 g/mol. The maximum Gasteiger partial charge on any atom is 0.118 e. The van der Waals surface area contributed by atoms with E-state index in [4.69, 9.17) is 5.11 Å². The van der Waals surface area contributed by atoms with Gasteiger partial charge >= 0.3 is 0 Å². The van der Waals surface area contributed by atoms with E-state index >= 15 is 0 Å². The smallest absolute Gasteiger partial charge is 0.118 e. The van der Waals surface area contributed by atoms with Crippen LogP contribution in [0.1, 0.15) is 12.0 Å². The van der Waals surface area contributed by atoms with Gasteiger partial charge in [-0.15, -0.1) is 0 Å². The zero-order valence-electron chi connectivity index (χ0n) is 6.60. The minimum atomic E-state index is -1.55. The maximum atomic E-state index is 10.3. The maximum absolute atomic E-state index is 10.3. The number of aromatic hydroxyl groups is 1. The van der Waals surface area contributed by atoms with Crippen LogP contribution in [-0.4, -0.2) is 16.5 Å². The fourth-order valence-electron chi connectivity index (χ4n) is 1.00. The second-order valence-corrected chi connectivity index (χ2v) is 2.62. The summed E-state index contributed by atoms with van der Waals surface area (Å²) in [5, 5.41) is 28.0. The Morgan fingerprint density at radius 2 is 2.00 bits per heavy atom. The quantitative estimate of drug-likeness (QED) is 0.623. The van der Waals surface area contributed by atoms with Gasteiger partial charge in [-0.1, -0.05) is 18.2 Å². The SMILES string of the molecule is [O-]C(O)CCc1ccccc1O. The van der Waals surface area contributed by atoms with Gasteiger partial charge in [0.1, 0.15) is 5.75 Å². The molecule has 1 atom stereocenters. The van der Waals surface area contributed by atoms with E-state index in [1.807, 2.05) is 0 Å². The van der Waals surface area contributed by atoms with Crippen LogP contribution in [0.15, 0.2) is 24.3 Å². The Balaban J connectivity index is 2.57. The van der Waals surface area contributed by atoms with Crippen molar-refractivity contribution in [3.05, 3.63) is 29.8 Å². The van der Waals surface area contributed by atoms with Gasteiger partial charge in [0, 0.05) is 0 Å². The van der Waals surface area contributed by atoms with Crippen LogP contribution in [0.5, 0.6) is 5.75 Å². The molecule has 2 N–H and O–H groups in total. The van der Waals surface area contributed by atoms with Crippen molar-refractivity contribution in [1.82, 2.24) is 0 Å². The molecule has 3 nitrogen and oxygen atoms in total. The largest absolute Gasteiger partial charge is 0.831 e. The summed E-state index contributed by atoms with van der Waals surface area (Å²) in [6, 6.07) is 6.79. The lowest BCUT2D eigenvalue weighted by molar-refractivity contribution is -0.483. The summed E-state index contributed by atoms with van der Waals surface area (Å²) in [7, 11) is 0. The van der Waals surface area contributed by atoms with Crippen molar-refractivity contribution in [2.75, 3.05) is 0 Å². The van der Waals surface area contributed by atoms with E-state index in [2.05, 4.69) is 0 Å². The molecule has 1 rings (SSSR count). The van der Waals surface area contributed by atoms with Gasteiger partial charge in [0.05, 0.1) is 0 Å². The van der Waals surface area contributed by atoms with Crippen molar-refractivity contribution in [2.45, 2.75) is 19.1 Å². The molecule has 0 radical (unpaired) electrons. The van der Waals surface area contributed by atoms with Crippen LogP contribution < -0.4 is 5.11 Å². The first-order valence-electron chi connectivity index (χ1n) is 3.81. The summed E-state index contributed by atoms with van der Waals surface area (Å²) < 4.78 is 0. The fourth-order valence-corrected chi connectivity index (χ4v) is 1.00. The molecule has 1 unspecified atom stereocenters. The molecule has 66 valence electrons. The third-order valence-corrected chi connectivity index (χ3v) is 1.65. The first kappa shape index (κ1) is 9.03. The number of benzene rings is 1. The Labute approximate surface area is 70.9 Å². The number of para-hydroxylation sites is 1. The third-order valence-electron chi connectivity index (χ3n) is 1.65. The van der Waals surface area contributed by atoms with Gasteiger partial charge in [0.15, 0.2) is 0 Å². The molecule has 0 aliphatic rings. The minimum absolute atomic E-state index is 0.136. The molecule has 0 heterocycles. The second-order valence-electron chi connectivity index (χ2n) is 2.62. The van der Waals surface area contributed by atoms with Crippen molar-refractivity contribution in [1.29, 1.82) is 0 Å². The summed E-state index contributed by atoms with van der Waals surface area (Å²) >= 11 is 0. The van der Waals surface area contributed by atoms with Gasteiger partial charge < -0.3 is 15.3 Å². The highest BCUT2D eigenvalue weighted by molar-refractivity contribution is 5.31. The number of aliphatic hydroxyl groups is 1. The summed E-state index contributed by atoms with van der Waals surface area (Å²) in [5.41, 5.74) is 0.701. The topological polar surface area (TPSA) is 63.5 Å². The third kappa shape index (κ3) is 2.53. The van der Waals surface area contributed by atoms with Crippen LogP contribution in [0.25, 0.3) is 0 Å². The first-order valence-corrected chi connectivity index (χ1v) is 3.81. The van der Waals surface area contributed by atoms with E-state index < -0.39 is 6.29 Å². The van der Waals surface area contributed by atoms with E-state index in [1.165, 1.54) is 0 Å². The lowest BCUT2D eigenvalue weighted by Gasteiger charge is -2.14. The molecule has 0 saturated heterocycles. The van der Waals surface area contributed by atoms with Crippen LogP contribution in [-0.2, 0) is 6.42 Å². The van der Waals surface area contributed by atoms with Crippen LogP contribution in [0, 0.1) is 0 Å². The number of hydrogen-bond acceptors (Lipinski definition) is 3. The van der Waals surface area contributed by atoms with Crippen molar-refractivity contribution < 1.29 is 15.3 Å². The van der Waals surface area contributed by atoms with Gasteiger partial charge in [-0.05, 0) is 30.8 Å². The highest BCUT2D eigenvalue weighted by Gasteiger charge is 1.98. The molecule has 0 aliphatic heterocycles. The Morgan fingerprint density at radius 1 is 1.33 bits per heavy atom. The molecule has 0 bridgehead atoms. The van der Waals surface area contributed by atoms with Crippen LogP contribution in [0.3, 0.4) is 0 Å². The number of rotatable bonds is 3. The summed E-state index contributed by atoms with van der Waals surface area (Å²) in [4.78, 5) is 0. The van der Waals surface area contributed by atoms with E-state index in [1.54, 1.807) is 24.3 Å². The number of aryl methyl sites for hydroxylation is 1. The van der Waals surface area contributed by atoms with Crippen LogP contribution >= 0.6 is 0 Å². The van der Waals surface area contributed by atoms with Gasteiger partial charge in [0.25, 0.3) is 0 Å². The first-order chi connectivity index (χ1) is 5.70. The summed E-state index contributed by atoms with van der Waals surface area (Å²) in [6.45, 7) is 0. The van der Waals surface area contributed by atoms with E-state index in [9.17, 15) is 10.2 Å². The van der Waals surface area contributed by atoms with Gasteiger partial charge in [0.2, 0.25) is 0 Å². The van der Waals surface area contributed by atoms with Gasteiger partial charge in [-0.25, -0.2) is 0 Å². The monoisotopic (exact) mass is 167 g/mol. The average Bonchev–Trinajstić information content (AvgIpc) is 2.03. The highest BCUT2D eigenvalue weighted by atomic mass is 16.5. The number of hydrogen-bond donors (Lipinski definition) is 2. The molecule has 12 heavy (non-hydrogen) atoms. The Morgan fingerprint density at radius 3 is 2.58 bits per heavy atom. The molecule has 0 saturated carbocycles. The van der Waals surface area contributed by atoms with Crippen LogP contribution in [0.2, 0.25) is 0 Å². The van der Waals surface area contributed by atoms with Crippen molar-refractivity contribution in [3.63, 3.8) is 0 Å². The molecule has 0 amide bonds. The zero-order chi connectivity index (χ0) is 8.97. The molecule has 0 aliphatic carbocycles. The average molecular weight is 167 g/mol. The number of phenolic OH excluding ortho intramolecular Hbond substituents is 1. The molecule has 1 aromatic rings. The predicted molar refractivity (Wildman–Crippen MR) is 42.4 cm³/mol. The standard InChI is InChI=1S/C9H11O3/c10-8-4-2-1-3-7(8)5-6-9(11)12/h1-4,9-11H,5-6H2/q-1. The normalized spacial score (nSPS) is 12.8. The van der Waals surface area contributed by atoms with Gasteiger partial charge in [-0.2, -0.15) is 0 Å². The minimum Gasteiger partial charge on any atom is -0.831 e. The number of aliphatic hydroxyl groups excluding tert-OH is 1. The molecule has 0 fully saturated rings. The van der Waals surface area contributed by atoms with E-state index in [-0.39, 0.29) is 12.2 Å². The molecule has 3 heteroatoms. The Hall–Kier alpha value is -1.06. The summed E-state index contributed by atoms with van der Waals surface area (Å²) in [6.07, 6.45) is -1.00. The Bertz CT molecular complexity index is 245. The van der Waals surface area contributed by atoms with E-state index in [0.29, 0.717) is 12.0 Å². The van der Waals surface area contributed by atoms with Gasteiger partial charge in [-0.3, -0.25) is 0 Å². The molecule has 1 aromatic carbocycles. The van der Waals surface area contributed by atoms with Crippen molar-refractivity contribution in [2.24, 2.45) is 0 Å². The van der Waals surface area contributed by atoms with Crippen molar-refractivity contribution in [3.8, 4) is 5.75 Å². The van der Waals surface area contributed by atoms with Crippen LogP contribution in [0.4, 0.5) is 0 Å². The predicted octanol–water partition coefficient (Wildman–Crippen LogP) is 0.00350. The molecule has 0 spiro atoms. The number of phenols is 1. The lowest BCUT2D eigenvalue weighted by atomic mass is 10.1. The second kappa shape index (κ2) is 4.09. The zero-order valence-corrected chi connectivity index (χ0v) is 6.60.